The van der Waals surface area contributed by atoms with Crippen LogP contribution in [-0.4, -0.2) is 30.2 Å². The molecule has 0 unspecified atom stereocenters. The van der Waals surface area contributed by atoms with Crippen LogP contribution in [0.1, 0.15) is 43.7 Å². The Hall–Kier alpha value is -3.25. The summed E-state index contributed by atoms with van der Waals surface area (Å²) in [6.07, 6.45) is 1.28. The number of aromatic nitrogens is 2. The van der Waals surface area contributed by atoms with E-state index in [0.29, 0.717) is 22.9 Å². The lowest BCUT2D eigenvalue weighted by Gasteiger charge is -2.38. The van der Waals surface area contributed by atoms with Crippen LogP contribution in [0.15, 0.2) is 53.7 Å². The van der Waals surface area contributed by atoms with Crippen molar-refractivity contribution < 1.29 is 14.3 Å². The Morgan fingerprint density at radius 3 is 2.45 bits per heavy atom. The number of carbonyl (C=O) groups excluding carboxylic acids is 1. The molecule has 0 spiro atoms. The second-order valence-electron chi connectivity index (χ2n) is 9.37. The van der Waals surface area contributed by atoms with Gasteiger partial charge in [0.2, 0.25) is 0 Å². The molecule has 1 atom stereocenters. The SMILES string of the molecule is COc1ccc([C@@H]2C3=C(CC(C)(C)CC3=O)Nc3n[nH]c(-c4ccc(Cl)cc4)c32)cc1OC. The number of nitrogens with zero attached hydrogens (tertiary/aromatic N) is 1. The second kappa shape index (κ2) is 7.96. The minimum absolute atomic E-state index is 0.113. The van der Waals surface area contributed by atoms with Crippen molar-refractivity contribution in [3.05, 3.63) is 69.9 Å². The van der Waals surface area contributed by atoms with Gasteiger partial charge in [0, 0.05) is 39.8 Å². The van der Waals surface area contributed by atoms with Crippen molar-refractivity contribution in [2.45, 2.75) is 32.6 Å². The zero-order valence-corrected chi connectivity index (χ0v) is 19.8. The van der Waals surface area contributed by atoms with Gasteiger partial charge >= 0.3 is 0 Å². The molecule has 2 heterocycles. The van der Waals surface area contributed by atoms with Crippen LogP contribution in [0.4, 0.5) is 5.82 Å². The van der Waals surface area contributed by atoms with E-state index in [1.807, 2.05) is 42.5 Å². The molecular weight excluding hydrogens is 438 g/mol. The van der Waals surface area contributed by atoms with Gasteiger partial charge in [-0.15, -0.1) is 0 Å². The number of aromatic amines is 1. The number of anilines is 1. The largest absolute Gasteiger partial charge is 0.493 e. The van der Waals surface area contributed by atoms with Crippen LogP contribution < -0.4 is 14.8 Å². The highest BCUT2D eigenvalue weighted by Gasteiger charge is 2.43. The molecule has 0 saturated heterocycles. The highest BCUT2D eigenvalue weighted by atomic mass is 35.5. The molecule has 0 fully saturated rings. The predicted molar refractivity (Wildman–Crippen MR) is 129 cm³/mol. The normalized spacial score (nSPS) is 18.9. The van der Waals surface area contributed by atoms with Crippen LogP contribution in [0, 0.1) is 5.41 Å². The Morgan fingerprint density at radius 1 is 1.03 bits per heavy atom. The first-order chi connectivity index (χ1) is 15.8. The van der Waals surface area contributed by atoms with Crippen molar-refractivity contribution in [1.29, 1.82) is 0 Å². The van der Waals surface area contributed by atoms with Gasteiger partial charge in [-0.25, -0.2) is 0 Å². The van der Waals surface area contributed by atoms with Gasteiger partial charge in [0.1, 0.15) is 0 Å². The van der Waals surface area contributed by atoms with Crippen LogP contribution in [0.2, 0.25) is 5.02 Å². The van der Waals surface area contributed by atoms with Gasteiger partial charge in [0.05, 0.1) is 19.9 Å². The number of nitrogens with one attached hydrogen (secondary N) is 2. The van der Waals surface area contributed by atoms with Gasteiger partial charge < -0.3 is 14.8 Å². The first-order valence-electron chi connectivity index (χ1n) is 10.9. The van der Waals surface area contributed by atoms with E-state index >= 15 is 0 Å². The van der Waals surface area contributed by atoms with E-state index in [-0.39, 0.29) is 17.1 Å². The van der Waals surface area contributed by atoms with Crippen LogP contribution in [-0.2, 0) is 4.79 Å². The smallest absolute Gasteiger partial charge is 0.162 e. The van der Waals surface area contributed by atoms with Gasteiger partial charge in [-0.2, -0.15) is 5.10 Å². The minimum Gasteiger partial charge on any atom is -0.493 e. The Bertz CT molecular complexity index is 1270. The number of fused-ring (bicyclic) bond motifs is 1. The molecule has 1 aliphatic heterocycles. The topological polar surface area (TPSA) is 76.2 Å². The molecular formula is C26H26ClN3O3. The molecule has 2 aromatic carbocycles. The number of ether oxygens (including phenoxy) is 2. The molecule has 33 heavy (non-hydrogen) atoms. The number of Topliss-reactive ketones (excluding diaryl/α,β-unsaturated/α-hetero) is 1. The van der Waals surface area contributed by atoms with Crippen molar-refractivity contribution in [3.8, 4) is 22.8 Å². The number of H-pyrrole nitrogens is 1. The van der Waals surface area contributed by atoms with E-state index in [1.54, 1.807) is 14.2 Å². The standard InChI is InChI=1S/C26H26ClN3O3/c1-26(2)12-17-22(18(31)13-26)21(15-7-10-19(32-3)20(11-15)33-4)23-24(29-30-25(23)28-17)14-5-8-16(27)9-6-14/h5-11,21H,12-13H2,1-4H3,(H2,28,29,30)/t21-/m1/s1. The third-order valence-corrected chi connectivity index (χ3v) is 6.70. The predicted octanol–water partition coefficient (Wildman–Crippen LogP) is 5.95. The molecule has 6 nitrogen and oxygen atoms in total. The van der Waals surface area contributed by atoms with Gasteiger partial charge in [0.25, 0.3) is 0 Å². The third kappa shape index (κ3) is 3.68. The summed E-state index contributed by atoms with van der Waals surface area (Å²) in [5.74, 6) is 1.87. The Balaban J connectivity index is 1.74. The molecule has 0 amide bonds. The lowest BCUT2D eigenvalue weighted by molar-refractivity contribution is -0.118. The first-order valence-corrected chi connectivity index (χ1v) is 11.3. The van der Waals surface area contributed by atoms with E-state index in [1.165, 1.54) is 0 Å². The van der Waals surface area contributed by atoms with Crippen LogP contribution in [0.5, 0.6) is 11.5 Å². The molecule has 0 radical (unpaired) electrons. The summed E-state index contributed by atoms with van der Waals surface area (Å²) in [7, 11) is 3.23. The Kier molecular flexibility index (Phi) is 5.20. The molecule has 1 aliphatic carbocycles. The molecule has 170 valence electrons. The van der Waals surface area contributed by atoms with E-state index in [2.05, 4.69) is 29.4 Å². The lowest BCUT2D eigenvalue weighted by Crippen LogP contribution is -2.33. The first kappa shape index (κ1) is 21.6. The molecule has 2 aliphatic rings. The number of methoxy groups -OCH3 is 2. The van der Waals surface area contributed by atoms with E-state index < -0.39 is 0 Å². The van der Waals surface area contributed by atoms with E-state index in [0.717, 1.165) is 45.9 Å². The molecule has 7 heteroatoms. The summed E-state index contributed by atoms with van der Waals surface area (Å²) in [5, 5.41) is 11.9. The zero-order chi connectivity index (χ0) is 23.3. The van der Waals surface area contributed by atoms with Crippen molar-refractivity contribution in [1.82, 2.24) is 10.2 Å². The maximum atomic E-state index is 13.5. The third-order valence-electron chi connectivity index (χ3n) is 6.44. The maximum Gasteiger partial charge on any atom is 0.162 e. The van der Waals surface area contributed by atoms with Crippen LogP contribution in [0.3, 0.4) is 0 Å². The number of hydrogen-bond acceptors (Lipinski definition) is 5. The molecule has 5 rings (SSSR count). The summed E-state index contributed by atoms with van der Waals surface area (Å²) in [4.78, 5) is 13.5. The number of benzene rings is 2. The van der Waals surface area contributed by atoms with Gasteiger partial charge in [-0.1, -0.05) is 43.6 Å². The average Bonchev–Trinajstić information content (AvgIpc) is 3.20. The van der Waals surface area contributed by atoms with Crippen molar-refractivity contribution in [2.24, 2.45) is 5.41 Å². The zero-order valence-electron chi connectivity index (χ0n) is 19.1. The van der Waals surface area contributed by atoms with E-state index in [4.69, 9.17) is 21.1 Å². The second-order valence-corrected chi connectivity index (χ2v) is 9.81. The number of ketones is 1. The quantitative estimate of drug-likeness (QED) is 0.500. The highest BCUT2D eigenvalue weighted by molar-refractivity contribution is 6.30. The number of hydrogen-bond donors (Lipinski definition) is 2. The molecule has 0 saturated carbocycles. The number of halogens is 1. The average molecular weight is 464 g/mol. The van der Waals surface area contributed by atoms with Crippen molar-refractivity contribution >= 4 is 23.2 Å². The highest BCUT2D eigenvalue weighted by Crippen LogP contribution is 2.51. The fraction of sp³-hybridized carbons (Fsp3) is 0.308. The summed E-state index contributed by atoms with van der Waals surface area (Å²) < 4.78 is 11.0. The monoisotopic (exact) mass is 463 g/mol. The van der Waals surface area contributed by atoms with Gasteiger partial charge in [-0.05, 0) is 41.7 Å². The molecule has 0 bridgehead atoms. The van der Waals surface area contributed by atoms with Crippen molar-refractivity contribution in [3.63, 3.8) is 0 Å². The summed E-state index contributed by atoms with van der Waals surface area (Å²) in [5.41, 5.74) is 5.33. The lowest BCUT2D eigenvalue weighted by atomic mass is 9.69. The number of carbonyl (C=O) groups is 1. The number of allylic oxidation sites excluding steroid dienone is 2. The molecule has 2 N–H and O–H groups in total. The maximum absolute atomic E-state index is 13.5. The van der Waals surface area contributed by atoms with Gasteiger partial charge in [-0.3, -0.25) is 9.89 Å². The summed E-state index contributed by atoms with van der Waals surface area (Å²) in [6, 6.07) is 13.5. The number of rotatable bonds is 4. The molecule has 1 aromatic heterocycles. The van der Waals surface area contributed by atoms with Crippen LogP contribution >= 0.6 is 11.6 Å². The van der Waals surface area contributed by atoms with Gasteiger partial charge in [0.15, 0.2) is 23.1 Å². The fourth-order valence-electron chi connectivity index (χ4n) is 5.00. The summed E-state index contributed by atoms with van der Waals surface area (Å²) in [6.45, 7) is 4.25. The fourth-order valence-corrected chi connectivity index (χ4v) is 5.12. The van der Waals surface area contributed by atoms with Crippen molar-refractivity contribution in [2.75, 3.05) is 19.5 Å². The Labute approximate surface area is 197 Å². The molecule has 3 aromatic rings. The van der Waals surface area contributed by atoms with E-state index in [9.17, 15) is 4.79 Å². The minimum atomic E-state index is -0.288. The van der Waals surface area contributed by atoms with Crippen LogP contribution in [0.25, 0.3) is 11.3 Å². The summed E-state index contributed by atoms with van der Waals surface area (Å²) >= 11 is 6.12. The Morgan fingerprint density at radius 2 is 1.76 bits per heavy atom.